The Morgan fingerprint density at radius 3 is 2.83 bits per heavy atom. The smallest absolute Gasteiger partial charge is 0.161 e. The molecule has 0 radical (unpaired) electrons. The molecule has 5 heteroatoms. The van der Waals surface area contributed by atoms with Gasteiger partial charge in [0, 0.05) is 32.3 Å². The number of nitrogens with one attached hydrogen (secondary N) is 2. The summed E-state index contributed by atoms with van der Waals surface area (Å²) < 4.78 is 0. The van der Waals surface area contributed by atoms with Crippen LogP contribution in [0.3, 0.4) is 0 Å². The summed E-state index contributed by atoms with van der Waals surface area (Å²) in [5.41, 5.74) is 2.72. The second-order valence-corrected chi connectivity index (χ2v) is 5.57. The molecule has 1 saturated carbocycles. The summed E-state index contributed by atoms with van der Waals surface area (Å²) in [6.45, 7) is 0. The summed E-state index contributed by atoms with van der Waals surface area (Å²) >= 11 is 0. The van der Waals surface area contributed by atoms with Crippen molar-refractivity contribution in [3.63, 3.8) is 0 Å². The predicted molar refractivity (Wildman–Crippen MR) is 93.5 cm³/mol. The molecular weight excluding hydrogens is 286 g/mol. The average Bonchev–Trinajstić information content (AvgIpc) is 3.35. The number of aromatic nitrogens is 4. The van der Waals surface area contributed by atoms with Crippen molar-refractivity contribution in [3.8, 4) is 23.7 Å². The van der Waals surface area contributed by atoms with Crippen LogP contribution in [0.4, 0.5) is 11.6 Å². The fourth-order valence-electron chi connectivity index (χ4n) is 2.43. The fourth-order valence-corrected chi connectivity index (χ4v) is 2.43. The molecule has 23 heavy (non-hydrogen) atoms. The van der Waals surface area contributed by atoms with Crippen LogP contribution >= 0.6 is 0 Å². The Hall–Kier alpha value is -3.13. The molecule has 0 atom stereocenters. The quantitative estimate of drug-likeness (QED) is 0.716. The third-order valence-electron chi connectivity index (χ3n) is 3.84. The molecule has 3 aromatic rings. The Bertz CT molecular complexity index is 882. The molecule has 5 nitrogen and oxygen atoms in total. The molecule has 2 heterocycles. The molecule has 0 spiro atoms. The zero-order valence-corrected chi connectivity index (χ0v) is 12.5. The number of aromatic amines is 1. The first-order valence-corrected chi connectivity index (χ1v) is 7.55. The van der Waals surface area contributed by atoms with Crippen LogP contribution in [0.15, 0.2) is 42.6 Å². The molecule has 1 aromatic carbocycles. The number of hydrogen-bond acceptors (Lipinski definition) is 4. The second kappa shape index (κ2) is 5.58. The molecule has 2 N–H and O–H groups in total. The van der Waals surface area contributed by atoms with E-state index in [1.165, 1.54) is 12.8 Å². The van der Waals surface area contributed by atoms with Gasteiger partial charge in [0.05, 0.1) is 5.56 Å². The van der Waals surface area contributed by atoms with Crippen LogP contribution in [0.5, 0.6) is 0 Å². The lowest BCUT2D eigenvalue weighted by molar-refractivity contribution is 0.966. The number of rotatable bonds is 4. The fraction of sp³-hybridized carbons (Fsp3) is 0.167. The van der Waals surface area contributed by atoms with E-state index in [2.05, 4.69) is 31.4 Å². The van der Waals surface area contributed by atoms with E-state index in [1.54, 1.807) is 6.20 Å². The second-order valence-electron chi connectivity index (χ2n) is 5.57. The van der Waals surface area contributed by atoms with Crippen LogP contribution in [0.1, 0.15) is 32.9 Å². The number of hydrogen-bond donors (Lipinski definition) is 2. The average molecular weight is 305 g/mol. The van der Waals surface area contributed by atoms with Gasteiger partial charge in [0.25, 0.3) is 0 Å². The van der Waals surface area contributed by atoms with Gasteiger partial charge in [-0.2, -0.15) is 5.10 Å². The van der Waals surface area contributed by atoms with Gasteiger partial charge in [-0.05, 0) is 12.8 Å². The van der Waals surface area contributed by atoms with Crippen LogP contribution in [0.25, 0.3) is 11.4 Å². The molecule has 0 saturated heterocycles. The van der Waals surface area contributed by atoms with E-state index < -0.39 is 0 Å². The Balaban J connectivity index is 0.00000113. The SMILES string of the molecule is C#Cc1cnc(-c2ccccc2)nc1Nc1cc(C2CC2)[nH]n1.[HH].[HH]. The minimum Gasteiger partial charge on any atom is -0.322 e. The minimum atomic E-state index is 0. The molecular formula is C18H19N5. The highest BCUT2D eigenvalue weighted by atomic mass is 15.2. The van der Waals surface area contributed by atoms with Crippen molar-refractivity contribution in [3.05, 3.63) is 53.9 Å². The van der Waals surface area contributed by atoms with Crippen molar-refractivity contribution < 1.29 is 2.85 Å². The van der Waals surface area contributed by atoms with Gasteiger partial charge in [-0.15, -0.1) is 6.42 Å². The van der Waals surface area contributed by atoms with Gasteiger partial charge in [0.1, 0.15) is 0 Å². The summed E-state index contributed by atoms with van der Waals surface area (Å²) in [6, 6.07) is 11.8. The largest absolute Gasteiger partial charge is 0.322 e. The molecule has 2 aromatic heterocycles. The first kappa shape index (κ1) is 13.5. The van der Waals surface area contributed by atoms with E-state index in [0.29, 0.717) is 23.1 Å². The minimum absolute atomic E-state index is 0. The van der Waals surface area contributed by atoms with Crippen molar-refractivity contribution in [1.29, 1.82) is 0 Å². The monoisotopic (exact) mass is 305 g/mol. The summed E-state index contributed by atoms with van der Waals surface area (Å²) in [6.07, 6.45) is 9.67. The lowest BCUT2D eigenvalue weighted by Crippen LogP contribution is -2.00. The Labute approximate surface area is 137 Å². The van der Waals surface area contributed by atoms with Crippen LogP contribution in [-0.4, -0.2) is 20.2 Å². The number of terminal acetylenes is 1. The van der Waals surface area contributed by atoms with Crippen LogP contribution in [0.2, 0.25) is 0 Å². The molecule has 1 aliphatic rings. The Kier molecular flexibility index (Phi) is 3.28. The van der Waals surface area contributed by atoms with E-state index in [4.69, 9.17) is 6.42 Å². The maximum absolute atomic E-state index is 5.56. The summed E-state index contributed by atoms with van der Waals surface area (Å²) in [7, 11) is 0. The first-order valence-electron chi connectivity index (χ1n) is 7.55. The van der Waals surface area contributed by atoms with Gasteiger partial charge in [0.15, 0.2) is 17.5 Å². The van der Waals surface area contributed by atoms with Crippen LogP contribution in [-0.2, 0) is 0 Å². The van der Waals surface area contributed by atoms with Crippen molar-refractivity contribution in [1.82, 2.24) is 20.2 Å². The molecule has 0 aliphatic heterocycles. The number of benzene rings is 1. The first-order chi connectivity index (χ1) is 11.3. The van der Waals surface area contributed by atoms with E-state index in [1.807, 2.05) is 36.4 Å². The van der Waals surface area contributed by atoms with Gasteiger partial charge in [-0.1, -0.05) is 36.3 Å². The Morgan fingerprint density at radius 1 is 1.26 bits per heavy atom. The third-order valence-corrected chi connectivity index (χ3v) is 3.84. The van der Waals surface area contributed by atoms with Crippen LogP contribution in [0, 0.1) is 12.3 Å². The molecule has 0 amide bonds. The topological polar surface area (TPSA) is 66.5 Å². The third kappa shape index (κ3) is 2.79. The molecule has 4 rings (SSSR count). The lowest BCUT2D eigenvalue weighted by Gasteiger charge is -2.07. The number of nitrogens with zero attached hydrogens (tertiary/aromatic N) is 3. The highest BCUT2D eigenvalue weighted by Gasteiger charge is 2.25. The molecule has 0 unspecified atom stereocenters. The van der Waals surface area contributed by atoms with E-state index in [-0.39, 0.29) is 2.85 Å². The predicted octanol–water partition coefficient (Wildman–Crippen LogP) is 3.96. The van der Waals surface area contributed by atoms with Crippen LogP contribution < -0.4 is 5.32 Å². The van der Waals surface area contributed by atoms with E-state index in [9.17, 15) is 0 Å². The van der Waals surface area contributed by atoms with Crippen molar-refractivity contribution in [2.45, 2.75) is 18.8 Å². The van der Waals surface area contributed by atoms with Gasteiger partial charge >= 0.3 is 0 Å². The zero-order chi connectivity index (χ0) is 15.6. The molecule has 1 aliphatic carbocycles. The standard InChI is InChI=1S/C18H15N5.2H2/c1-2-12-11-19-17(14-6-4-3-5-7-14)21-18(12)20-16-10-15(22-23-16)13-8-9-13;;/h1,3-7,10-11,13H,8-9H2,(H2,19,20,21,22,23);2*1H. The van der Waals surface area contributed by atoms with Gasteiger partial charge in [-0.25, -0.2) is 9.97 Å². The summed E-state index contributed by atoms with van der Waals surface area (Å²) in [4.78, 5) is 8.90. The number of H-pyrrole nitrogens is 1. The highest BCUT2D eigenvalue weighted by Crippen LogP contribution is 2.39. The molecule has 0 bridgehead atoms. The van der Waals surface area contributed by atoms with E-state index in [0.717, 1.165) is 17.1 Å². The summed E-state index contributed by atoms with van der Waals surface area (Å²) in [5.74, 6) is 5.18. The van der Waals surface area contributed by atoms with Crippen molar-refractivity contribution in [2.24, 2.45) is 0 Å². The maximum Gasteiger partial charge on any atom is 0.161 e. The normalized spacial score (nSPS) is 13.5. The van der Waals surface area contributed by atoms with Crippen molar-refractivity contribution >= 4 is 11.6 Å². The Morgan fingerprint density at radius 2 is 2.09 bits per heavy atom. The maximum atomic E-state index is 5.56. The summed E-state index contributed by atoms with van der Waals surface area (Å²) in [5, 5.41) is 10.6. The number of anilines is 2. The van der Waals surface area contributed by atoms with Gasteiger partial charge in [-0.3, -0.25) is 5.10 Å². The lowest BCUT2D eigenvalue weighted by atomic mass is 10.2. The highest BCUT2D eigenvalue weighted by molar-refractivity contribution is 5.65. The molecule has 1 fully saturated rings. The molecule has 116 valence electrons. The van der Waals surface area contributed by atoms with Crippen molar-refractivity contribution in [2.75, 3.05) is 5.32 Å². The zero-order valence-electron chi connectivity index (χ0n) is 12.5. The van der Waals surface area contributed by atoms with Gasteiger partial charge in [0.2, 0.25) is 0 Å². The van der Waals surface area contributed by atoms with E-state index >= 15 is 0 Å². The van der Waals surface area contributed by atoms with Gasteiger partial charge < -0.3 is 5.32 Å².